The lowest BCUT2D eigenvalue weighted by Crippen LogP contribution is -2.05. The van der Waals surface area contributed by atoms with Crippen LogP contribution >= 0.6 is 11.8 Å². The van der Waals surface area contributed by atoms with Crippen LogP contribution in [-0.2, 0) is 12.8 Å². The van der Waals surface area contributed by atoms with Crippen molar-refractivity contribution >= 4 is 22.7 Å². The minimum absolute atomic E-state index is 0.197. The third-order valence-electron chi connectivity index (χ3n) is 4.07. The van der Waals surface area contributed by atoms with E-state index in [-0.39, 0.29) is 5.43 Å². The van der Waals surface area contributed by atoms with Crippen LogP contribution < -0.4 is 5.43 Å². The fourth-order valence-corrected chi connectivity index (χ4v) is 3.59. The van der Waals surface area contributed by atoms with E-state index in [0.29, 0.717) is 16.7 Å². The zero-order valence-electron chi connectivity index (χ0n) is 13.9. The third-order valence-corrected chi connectivity index (χ3v) is 5.14. The van der Waals surface area contributed by atoms with Crippen LogP contribution in [0, 0.1) is 5.82 Å². The second-order valence-corrected chi connectivity index (χ2v) is 6.81. The van der Waals surface area contributed by atoms with Crippen molar-refractivity contribution in [3.05, 3.63) is 76.3 Å². The van der Waals surface area contributed by atoms with Crippen molar-refractivity contribution in [1.29, 1.82) is 0 Å². The molecule has 0 saturated carbocycles. The number of pyridine rings is 1. The van der Waals surface area contributed by atoms with E-state index in [2.05, 4.69) is 15.2 Å². The summed E-state index contributed by atoms with van der Waals surface area (Å²) in [4.78, 5) is 15.4. The Morgan fingerprint density at radius 3 is 2.73 bits per heavy atom. The van der Waals surface area contributed by atoms with Crippen molar-refractivity contribution in [3.63, 3.8) is 0 Å². The second-order valence-electron chi connectivity index (χ2n) is 5.87. The summed E-state index contributed by atoms with van der Waals surface area (Å²) in [6.07, 6.45) is 0. The summed E-state index contributed by atoms with van der Waals surface area (Å²) < 4.78 is 15.2. The van der Waals surface area contributed by atoms with Gasteiger partial charge in [0.1, 0.15) is 5.82 Å². The van der Waals surface area contributed by atoms with Gasteiger partial charge in [0, 0.05) is 41.0 Å². The van der Waals surface area contributed by atoms with Gasteiger partial charge in [0.15, 0.2) is 16.4 Å². The highest BCUT2D eigenvalue weighted by Gasteiger charge is 2.12. The molecule has 0 spiro atoms. The molecule has 0 saturated heterocycles. The van der Waals surface area contributed by atoms with E-state index in [0.717, 1.165) is 22.2 Å². The third kappa shape index (κ3) is 3.13. The minimum atomic E-state index is -0.419. The lowest BCUT2D eigenvalue weighted by atomic mass is 10.2. The largest absolute Gasteiger partial charge is 0.357 e. The van der Waals surface area contributed by atoms with Gasteiger partial charge in [-0.15, -0.1) is 10.2 Å². The molecule has 0 bridgehead atoms. The lowest BCUT2D eigenvalue weighted by molar-refractivity contribution is 0.629. The summed E-state index contributed by atoms with van der Waals surface area (Å²) in [6.45, 7) is 0. The normalized spacial score (nSPS) is 11.2. The molecule has 7 heteroatoms. The average molecular weight is 366 g/mol. The lowest BCUT2D eigenvalue weighted by Gasteiger charge is -2.05. The molecule has 1 N–H and O–H groups in total. The Morgan fingerprint density at radius 2 is 1.92 bits per heavy atom. The average Bonchev–Trinajstić information content (AvgIpc) is 3.02. The Morgan fingerprint density at radius 1 is 1.12 bits per heavy atom. The molecule has 2 aromatic carbocycles. The summed E-state index contributed by atoms with van der Waals surface area (Å²) >= 11 is 1.48. The Labute approximate surface area is 152 Å². The molecule has 4 rings (SSSR count). The van der Waals surface area contributed by atoms with Crippen LogP contribution in [0.1, 0.15) is 5.69 Å². The number of hydrogen-bond acceptors (Lipinski definition) is 4. The summed E-state index contributed by atoms with van der Waals surface area (Å²) in [5.41, 5.74) is 2.17. The maximum Gasteiger partial charge on any atom is 0.191 e. The molecular formula is C19H15FN4OS. The molecule has 0 fully saturated rings. The molecule has 0 atom stereocenters. The summed E-state index contributed by atoms with van der Waals surface area (Å²) in [7, 11) is 1.91. The SMILES string of the molecule is Cn1c(SCc2cc(=O)c3cc(F)ccc3[nH]2)nnc1-c1ccccc1. The van der Waals surface area contributed by atoms with Crippen LogP contribution in [0.3, 0.4) is 0 Å². The van der Waals surface area contributed by atoms with Gasteiger partial charge in [-0.2, -0.15) is 0 Å². The molecule has 2 heterocycles. The van der Waals surface area contributed by atoms with Crippen molar-refractivity contribution in [2.24, 2.45) is 7.05 Å². The fourth-order valence-electron chi connectivity index (χ4n) is 2.77. The van der Waals surface area contributed by atoms with Gasteiger partial charge in [-0.25, -0.2) is 4.39 Å². The summed E-state index contributed by atoms with van der Waals surface area (Å²) in [6, 6.07) is 15.5. The number of fused-ring (bicyclic) bond motifs is 1. The molecular weight excluding hydrogens is 351 g/mol. The number of aromatic nitrogens is 4. The van der Waals surface area contributed by atoms with Gasteiger partial charge < -0.3 is 9.55 Å². The molecule has 0 aliphatic rings. The van der Waals surface area contributed by atoms with E-state index >= 15 is 0 Å². The molecule has 130 valence electrons. The predicted octanol–water partition coefficient (Wildman–Crippen LogP) is 3.76. The van der Waals surface area contributed by atoms with Gasteiger partial charge in [-0.1, -0.05) is 42.1 Å². The van der Waals surface area contributed by atoms with Gasteiger partial charge in [-0.05, 0) is 18.2 Å². The van der Waals surface area contributed by atoms with Crippen LogP contribution in [0.15, 0.2) is 64.5 Å². The van der Waals surface area contributed by atoms with Crippen molar-refractivity contribution in [1.82, 2.24) is 19.7 Å². The summed E-state index contributed by atoms with van der Waals surface area (Å²) in [5, 5.41) is 9.60. The van der Waals surface area contributed by atoms with Crippen LogP contribution in [0.25, 0.3) is 22.3 Å². The number of H-pyrrole nitrogens is 1. The Kier molecular flexibility index (Phi) is 4.30. The number of nitrogens with one attached hydrogen (secondary N) is 1. The van der Waals surface area contributed by atoms with Crippen LogP contribution in [0.4, 0.5) is 4.39 Å². The van der Waals surface area contributed by atoms with E-state index < -0.39 is 5.82 Å². The van der Waals surface area contributed by atoms with Gasteiger partial charge in [0.25, 0.3) is 0 Å². The van der Waals surface area contributed by atoms with Crippen molar-refractivity contribution in [2.45, 2.75) is 10.9 Å². The fraction of sp³-hybridized carbons (Fsp3) is 0.105. The number of thioether (sulfide) groups is 1. The smallest absolute Gasteiger partial charge is 0.191 e. The molecule has 0 aliphatic heterocycles. The molecule has 2 aromatic heterocycles. The minimum Gasteiger partial charge on any atom is -0.357 e. The molecule has 5 nitrogen and oxygen atoms in total. The number of hydrogen-bond donors (Lipinski definition) is 1. The first-order chi connectivity index (χ1) is 12.6. The molecule has 0 amide bonds. The number of aromatic amines is 1. The number of benzene rings is 2. The Balaban J connectivity index is 1.58. The van der Waals surface area contributed by atoms with Crippen LogP contribution in [0.2, 0.25) is 0 Å². The maximum absolute atomic E-state index is 13.3. The van der Waals surface area contributed by atoms with Crippen molar-refractivity contribution in [2.75, 3.05) is 0 Å². The van der Waals surface area contributed by atoms with E-state index in [9.17, 15) is 9.18 Å². The van der Waals surface area contributed by atoms with Crippen LogP contribution in [-0.4, -0.2) is 19.7 Å². The van der Waals surface area contributed by atoms with Crippen molar-refractivity contribution < 1.29 is 4.39 Å². The molecule has 4 aromatic rings. The zero-order chi connectivity index (χ0) is 18.1. The van der Waals surface area contributed by atoms with Gasteiger partial charge in [0.2, 0.25) is 0 Å². The highest BCUT2D eigenvalue weighted by molar-refractivity contribution is 7.98. The number of rotatable bonds is 4. The molecule has 0 radical (unpaired) electrons. The maximum atomic E-state index is 13.3. The van der Waals surface area contributed by atoms with Gasteiger partial charge in [-0.3, -0.25) is 4.79 Å². The van der Waals surface area contributed by atoms with E-state index in [4.69, 9.17) is 0 Å². The van der Waals surface area contributed by atoms with Crippen molar-refractivity contribution in [3.8, 4) is 11.4 Å². The highest BCUT2D eigenvalue weighted by Crippen LogP contribution is 2.24. The van der Waals surface area contributed by atoms with E-state index in [1.807, 2.05) is 41.9 Å². The van der Waals surface area contributed by atoms with Gasteiger partial charge >= 0.3 is 0 Å². The number of halogens is 1. The molecule has 26 heavy (non-hydrogen) atoms. The Hall–Kier alpha value is -2.93. The quantitative estimate of drug-likeness (QED) is 0.559. The first kappa shape index (κ1) is 16.5. The predicted molar refractivity (Wildman–Crippen MR) is 101 cm³/mol. The first-order valence-electron chi connectivity index (χ1n) is 8.01. The van der Waals surface area contributed by atoms with Gasteiger partial charge in [0.05, 0.1) is 0 Å². The zero-order valence-corrected chi connectivity index (χ0v) is 14.8. The number of nitrogens with zero attached hydrogens (tertiary/aromatic N) is 3. The van der Waals surface area contributed by atoms with Crippen LogP contribution in [0.5, 0.6) is 0 Å². The first-order valence-corrected chi connectivity index (χ1v) is 8.99. The highest BCUT2D eigenvalue weighted by atomic mass is 32.2. The Bertz CT molecular complexity index is 1140. The van der Waals surface area contributed by atoms with E-state index in [1.54, 1.807) is 6.07 Å². The topological polar surface area (TPSA) is 63.6 Å². The standard InChI is InChI=1S/C19H15FN4OS/c1-24-18(12-5-3-2-4-6-12)22-23-19(24)26-11-14-10-17(25)15-9-13(20)7-8-16(15)21-14/h2-10H,11H2,1H3,(H,21,25). The summed E-state index contributed by atoms with van der Waals surface area (Å²) in [5.74, 6) is 0.900. The van der Waals surface area contributed by atoms with E-state index in [1.165, 1.54) is 30.0 Å². The monoisotopic (exact) mass is 366 g/mol. The molecule has 0 aliphatic carbocycles. The molecule has 0 unspecified atom stereocenters. The second kappa shape index (κ2) is 6.76.